The van der Waals surface area contributed by atoms with Gasteiger partial charge in [0.15, 0.2) is 0 Å². The summed E-state index contributed by atoms with van der Waals surface area (Å²) in [7, 11) is 0. The van der Waals surface area contributed by atoms with E-state index in [0.717, 1.165) is 38.0 Å². The summed E-state index contributed by atoms with van der Waals surface area (Å²) < 4.78 is 5.64. The summed E-state index contributed by atoms with van der Waals surface area (Å²) in [6, 6.07) is 0. The summed E-state index contributed by atoms with van der Waals surface area (Å²) in [5.74, 6) is 0.616. The zero-order valence-electron chi connectivity index (χ0n) is 11.1. The first-order valence-electron chi connectivity index (χ1n) is 6.44. The monoisotopic (exact) mass is 237 g/mol. The zero-order chi connectivity index (χ0) is 12.5. The molecule has 0 aromatic carbocycles. The van der Waals surface area contributed by atoms with E-state index in [2.05, 4.69) is 36.1 Å². The van der Waals surface area contributed by atoms with Crippen LogP contribution in [-0.2, 0) is 6.54 Å². The van der Waals surface area contributed by atoms with Crippen LogP contribution in [0.1, 0.15) is 45.7 Å². The Labute approximate surface area is 104 Å². The standard InChI is InChI=1S/C13H23N3O/c1-4-6-11(3)17-13-10-15-12(9-16-13)8-14-7-5-2/h9-11,14H,4-8H2,1-3H3. The second kappa shape index (κ2) is 8.01. The van der Waals surface area contributed by atoms with Gasteiger partial charge in [-0.15, -0.1) is 0 Å². The number of rotatable bonds is 8. The molecule has 0 aliphatic heterocycles. The van der Waals surface area contributed by atoms with E-state index < -0.39 is 0 Å². The summed E-state index contributed by atoms with van der Waals surface area (Å²) >= 11 is 0. The van der Waals surface area contributed by atoms with Crippen molar-refractivity contribution in [3.63, 3.8) is 0 Å². The summed E-state index contributed by atoms with van der Waals surface area (Å²) in [5, 5.41) is 3.29. The fourth-order valence-corrected chi connectivity index (χ4v) is 1.56. The largest absolute Gasteiger partial charge is 0.474 e. The van der Waals surface area contributed by atoms with Gasteiger partial charge in [0.1, 0.15) is 0 Å². The number of aromatic nitrogens is 2. The second-order valence-corrected chi connectivity index (χ2v) is 4.24. The molecular weight excluding hydrogens is 214 g/mol. The quantitative estimate of drug-likeness (QED) is 0.706. The molecule has 1 rings (SSSR count). The van der Waals surface area contributed by atoms with E-state index in [1.54, 1.807) is 12.4 Å². The lowest BCUT2D eigenvalue weighted by molar-refractivity contribution is 0.200. The number of ether oxygens (including phenoxy) is 1. The molecule has 1 N–H and O–H groups in total. The van der Waals surface area contributed by atoms with Gasteiger partial charge in [-0.05, 0) is 26.3 Å². The number of hydrogen-bond donors (Lipinski definition) is 1. The minimum absolute atomic E-state index is 0.207. The lowest BCUT2D eigenvalue weighted by atomic mass is 10.2. The van der Waals surface area contributed by atoms with Crippen LogP contribution in [0.15, 0.2) is 12.4 Å². The lowest BCUT2D eigenvalue weighted by Gasteiger charge is -2.12. The van der Waals surface area contributed by atoms with Crippen LogP contribution in [0.5, 0.6) is 5.88 Å². The van der Waals surface area contributed by atoms with Gasteiger partial charge in [-0.2, -0.15) is 0 Å². The molecule has 0 amide bonds. The highest BCUT2D eigenvalue weighted by molar-refractivity contribution is 5.07. The average Bonchev–Trinajstić information content (AvgIpc) is 2.32. The molecular formula is C13H23N3O. The minimum Gasteiger partial charge on any atom is -0.474 e. The molecule has 0 spiro atoms. The van der Waals surface area contributed by atoms with E-state index in [4.69, 9.17) is 4.74 Å². The van der Waals surface area contributed by atoms with Crippen molar-refractivity contribution in [1.82, 2.24) is 15.3 Å². The Morgan fingerprint density at radius 1 is 1.24 bits per heavy atom. The van der Waals surface area contributed by atoms with Crippen LogP contribution in [0.4, 0.5) is 0 Å². The van der Waals surface area contributed by atoms with Crippen LogP contribution in [0, 0.1) is 0 Å². The highest BCUT2D eigenvalue weighted by atomic mass is 16.5. The predicted octanol–water partition coefficient (Wildman–Crippen LogP) is 2.54. The molecule has 1 heterocycles. The maximum Gasteiger partial charge on any atom is 0.232 e. The van der Waals surface area contributed by atoms with Crippen molar-refractivity contribution in [1.29, 1.82) is 0 Å². The van der Waals surface area contributed by atoms with Gasteiger partial charge in [0.25, 0.3) is 0 Å². The molecule has 96 valence electrons. The van der Waals surface area contributed by atoms with Crippen molar-refractivity contribution in [2.45, 2.75) is 52.7 Å². The SMILES string of the molecule is CCCNCc1cnc(OC(C)CCC)cn1. The van der Waals surface area contributed by atoms with E-state index >= 15 is 0 Å². The van der Waals surface area contributed by atoms with E-state index in [0.29, 0.717) is 5.88 Å². The topological polar surface area (TPSA) is 47.0 Å². The van der Waals surface area contributed by atoms with Gasteiger partial charge in [-0.3, -0.25) is 4.98 Å². The molecule has 0 radical (unpaired) electrons. The van der Waals surface area contributed by atoms with E-state index in [1.807, 2.05) is 0 Å². The maximum absolute atomic E-state index is 5.64. The Balaban J connectivity index is 2.39. The smallest absolute Gasteiger partial charge is 0.232 e. The first-order chi connectivity index (χ1) is 8.26. The Kier molecular flexibility index (Phi) is 6.55. The zero-order valence-corrected chi connectivity index (χ0v) is 11.1. The summed E-state index contributed by atoms with van der Waals surface area (Å²) in [6.07, 6.45) is 6.97. The summed E-state index contributed by atoms with van der Waals surface area (Å²) in [6.45, 7) is 8.12. The van der Waals surface area contributed by atoms with Gasteiger partial charge >= 0.3 is 0 Å². The van der Waals surface area contributed by atoms with Crippen molar-refractivity contribution in [2.24, 2.45) is 0 Å². The highest BCUT2D eigenvalue weighted by Crippen LogP contribution is 2.09. The fourth-order valence-electron chi connectivity index (χ4n) is 1.56. The molecule has 0 aliphatic rings. The van der Waals surface area contributed by atoms with Crippen molar-refractivity contribution in [3.8, 4) is 5.88 Å². The minimum atomic E-state index is 0.207. The maximum atomic E-state index is 5.64. The molecule has 0 fully saturated rings. The Morgan fingerprint density at radius 3 is 2.65 bits per heavy atom. The van der Waals surface area contributed by atoms with Gasteiger partial charge in [-0.25, -0.2) is 4.98 Å². The first-order valence-corrected chi connectivity index (χ1v) is 6.44. The van der Waals surface area contributed by atoms with Crippen LogP contribution in [0.3, 0.4) is 0 Å². The van der Waals surface area contributed by atoms with Crippen LogP contribution in [-0.4, -0.2) is 22.6 Å². The normalized spacial score (nSPS) is 12.4. The third-order valence-corrected chi connectivity index (χ3v) is 2.43. The molecule has 1 unspecified atom stereocenters. The average molecular weight is 237 g/mol. The molecule has 1 aromatic heterocycles. The van der Waals surface area contributed by atoms with E-state index in [9.17, 15) is 0 Å². The van der Waals surface area contributed by atoms with Gasteiger partial charge in [0.05, 0.1) is 24.2 Å². The van der Waals surface area contributed by atoms with E-state index in [1.165, 1.54) is 0 Å². The third kappa shape index (κ3) is 5.63. The number of nitrogens with zero attached hydrogens (tertiary/aromatic N) is 2. The molecule has 4 nitrogen and oxygen atoms in total. The van der Waals surface area contributed by atoms with Gasteiger partial charge in [-0.1, -0.05) is 20.3 Å². The van der Waals surface area contributed by atoms with Crippen molar-refractivity contribution in [2.75, 3.05) is 6.54 Å². The van der Waals surface area contributed by atoms with Crippen molar-refractivity contribution >= 4 is 0 Å². The molecule has 1 atom stereocenters. The van der Waals surface area contributed by atoms with Crippen LogP contribution in [0.2, 0.25) is 0 Å². The number of hydrogen-bond acceptors (Lipinski definition) is 4. The van der Waals surface area contributed by atoms with E-state index in [-0.39, 0.29) is 6.10 Å². The predicted molar refractivity (Wildman–Crippen MR) is 69.0 cm³/mol. The van der Waals surface area contributed by atoms with Gasteiger partial charge in [0.2, 0.25) is 5.88 Å². The van der Waals surface area contributed by atoms with Crippen LogP contribution in [0.25, 0.3) is 0 Å². The highest BCUT2D eigenvalue weighted by Gasteiger charge is 2.04. The van der Waals surface area contributed by atoms with Crippen molar-refractivity contribution in [3.05, 3.63) is 18.1 Å². The van der Waals surface area contributed by atoms with Gasteiger partial charge in [0, 0.05) is 6.54 Å². The van der Waals surface area contributed by atoms with Crippen LogP contribution < -0.4 is 10.1 Å². The fraction of sp³-hybridized carbons (Fsp3) is 0.692. The molecule has 0 aliphatic carbocycles. The van der Waals surface area contributed by atoms with Crippen LogP contribution >= 0.6 is 0 Å². The third-order valence-electron chi connectivity index (χ3n) is 2.43. The Bertz CT molecular complexity index is 300. The lowest BCUT2D eigenvalue weighted by Crippen LogP contribution is -2.16. The molecule has 0 bridgehead atoms. The number of nitrogens with one attached hydrogen (secondary N) is 1. The molecule has 0 saturated carbocycles. The summed E-state index contributed by atoms with van der Waals surface area (Å²) in [4.78, 5) is 8.57. The summed E-state index contributed by atoms with van der Waals surface area (Å²) in [5.41, 5.74) is 0.953. The molecule has 4 heteroatoms. The molecule has 1 aromatic rings. The Morgan fingerprint density at radius 2 is 2.06 bits per heavy atom. The molecule has 17 heavy (non-hydrogen) atoms. The second-order valence-electron chi connectivity index (χ2n) is 4.24. The first kappa shape index (κ1) is 13.9. The molecule has 0 saturated heterocycles. The van der Waals surface area contributed by atoms with Crippen molar-refractivity contribution < 1.29 is 4.74 Å². The Hall–Kier alpha value is -1.16. The van der Waals surface area contributed by atoms with Gasteiger partial charge < -0.3 is 10.1 Å².